The number of rotatable bonds is 4. The molecular weight excluding hydrogens is 450 g/mol. The Kier molecular flexibility index (Phi) is 5.13. The summed E-state index contributed by atoms with van der Waals surface area (Å²) in [5.41, 5.74) is 2.45. The normalized spacial score (nSPS) is 18.0. The van der Waals surface area contributed by atoms with Crippen LogP contribution in [0.5, 0.6) is 11.5 Å². The van der Waals surface area contributed by atoms with E-state index < -0.39 is 0 Å². The van der Waals surface area contributed by atoms with Crippen LogP contribution in [0.25, 0.3) is 11.3 Å². The Morgan fingerprint density at radius 2 is 1.74 bits per heavy atom. The highest BCUT2D eigenvalue weighted by Crippen LogP contribution is 2.35. The number of piperidine rings is 1. The number of imide groups is 1. The molecule has 0 aliphatic carbocycles. The molecule has 0 atom stereocenters. The molecule has 10 nitrogen and oxygen atoms in total. The first-order valence-electron chi connectivity index (χ1n) is 11.5. The number of ether oxygens (including phenoxy) is 2. The zero-order valence-corrected chi connectivity index (χ0v) is 18.8. The molecule has 6 rings (SSSR count). The molecule has 4 heterocycles. The summed E-state index contributed by atoms with van der Waals surface area (Å²) < 4.78 is 10.8. The average molecular weight is 473 g/mol. The van der Waals surface area contributed by atoms with Gasteiger partial charge in [-0.15, -0.1) is 0 Å². The smallest absolute Gasteiger partial charge is 0.332 e. The van der Waals surface area contributed by atoms with Gasteiger partial charge < -0.3 is 19.3 Å². The number of aromatic amines is 1. The highest BCUT2D eigenvalue weighted by atomic mass is 16.7. The molecule has 3 aliphatic rings. The topological polar surface area (TPSA) is 108 Å². The van der Waals surface area contributed by atoms with Gasteiger partial charge in [0.2, 0.25) is 6.79 Å². The number of benzene rings is 2. The van der Waals surface area contributed by atoms with Crippen LogP contribution in [0, 0.1) is 0 Å². The molecule has 2 saturated heterocycles. The molecule has 178 valence electrons. The van der Waals surface area contributed by atoms with Crippen molar-refractivity contribution in [2.24, 2.45) is 0 Å². The van der Waals surface area contributed by atoms with Gasteiger partial charge in [-0.25, -0.2) is 9.69 Å². The monoisotopic (exact) mass is 473 g/mol. The van der Waals surface area contributed by atoms with Crippen molar-refractivity contribution in [1.82, 2.24) is 20.0 Å². The van der Waals surface area contributed by atoms with Gasteiger partial charge in [0.1, 0.15) is 12.2 Å². The van der Waals surface area contributed by atoms with Gasteiger partial charge >= 0.3 is 6.03 Å². The minimum atomic E-state index is -0.298. The fraction of sp³-hybridized carbons (Fsp3) is 0.280. The molecule has 4 amide bonds. The standard InChI is InChI=1S/C25H23N5O5/c31-23-14-29(25(33)30(23)18-4-2-1-3-5-18)17-8-10-28(11-9-17)24(32)20-13-19(26-27-20)16-6-7-21-22(12-16)35-15-34-21/h1-7,12-13,17H,8-11,14-15H2,(H,26,27). The number of hydrogen-bond donors (Lipinski definition) is 1. The summed E-state index contributed by atoms with van der Waals surface area (Å²) in [6.45, 7) is 1.24. The molecule has 0 spiro atoms. The quantitative estimate of drug-likeness (QED) is 0.584. The maximum Gasteiger partial charge on any atom is 0.332 e. The average Bonchev–Trinajstić information content (AvgIpc) is 3.63. The van der Waals surface area contributed by atoms with Crippen molar-refractivity contribution in [2.75, 3.05) is 31.3 Å². The summed E-state index contributed by atoms with van der Waals surface area (Å²) in [5, 5.41) is 7.14. The number of aromatic nitrogens is 2. The van der Waals surface area contributed by atoms with Gasteiger partial charge in [0, 0.05) is 24.7 Å². The van der Waals surface area contributed by atoms with E-state index in [1.807, 2.05) is 24.3 Å². The molecule has 0 saturated carbocycles. The first-order valence-corrected chi connectivity index (χ1v) is 11.5. The molecule has 35 heavy (non-hydrogen) atoms. The lowest BCUT2D eigenvalue weighted by Gasteiger charge is -2.35. The summed E-state index contributed by atoms with van der Waals surface area (Å²) >= 11 is 0. The fourth-order valence-electron chi connectivity index (χ4n) is 4.82. The van der Waals surface area contributed by atoms with E-state index in [0.717, 1.165) is 5.56 Å². The van der Waals surface area contributed by atoms with Gasteiger partial charge in [0.15, 0.2) is 11.5 Å². The molecule has 2 fully saturated rings. The van der Waals surface area contributed by atoms with E-state index in [-0.39, 0.29) is 37.2 Å². The van der Waals surface area contributed by atoms with E-state index in [2.05, 4.69) is 10.2 Å². The van der Waals surface area contributed by atoms with E-state index in [1.165, 1.54) is 4.90 Å². The Bertz CT molecular complexity index is 1300. The number of H-pyrrole nitrogens is 1. The number of para-hydroxylation sites is 1. The second-order valence-electron chi connectivity index (χ2n) is 8.73. The molecule has 10 heteroatoms. The van der Waals surface area contributed by atoms with E-state index in [0.29, 0.717) is 54.5 Å². The van der Waals surface area contributed by atoms with Crippen LogP contribution in [0.4, 0.5) is 10.5 Å². The summed E-state index contributed by atoms with van der Waals surface area (Å²) in [6.07, 6.45) is 1.22. The van der Waals surface area contributed by atoms with E-state index in [4.69, 9.17) is 9.47 Å². The highest BCUT2D eigenvalue weighted by molar-refractivity contribution is 6.19. The number of likely N-dealkylation sites (tertiary alicyclic amines) is 1. The first kappa shape index (κ1) is 21.2. The Hall–Kier alpha value is -4.34. The lowest BCUT2D eigenvalue weighted by atomic mass is 10.0. The van der Waals surface area contributed by atoms with Crippen LogP contribution in [0.1, 0.15) is 23.3 Å². The SMILES string of the molecule is O=C(c1cc(-c2ccc3c(c2)OCO3)n[nH]1)N1CCC(N2CC(=O)N(c3ccccc3)C2=O)CC1. The summed E-state index contributed by atoms with van der Waals surface area (Å²) in [5.74, 6) is 0.973. The van der Waals surface area contributed by atoms with Crippen molar-refractivity contribution >= 4 is 23.5 Å². The van der Waals surface area contributed by atoms with Gasteiger partial charge in [-0.1, -0.05) is 18.2 Å². The fourth-order valence-corrected chi connectivity index (χ4v) is 4.82. The number of nitrogens with one attached hydrogen (secondary N) is 1. The van der Waals surface area contributed by atoms with Crippen LogP contribution in [0.2, 0.25) is 0 Å². The van der Waals surface area contributed by atoms with Gasteiger partial charge in [-0.05, 0) is 49.2 Å². The minimum absolute atomic E-state index is 0.0613. The first-order chi connectivity index (χ1) is 17.1. The number of hydrogen-bond acceptors (Lipinski definition) is 6. The largest absolute Gasteiger partial charge is 0.454 e. The molecule has 2 aromatic carbocycles. The number of fused-ring (bicyclic) bond motifs is 1. The van der Waals surface area contributed by atoms with Crippen molar-refractivity contribution in [1.29, 1.82) is 0 Å². The van der Waals surface area contributed by atoms with Crippen LogP contribution in [0.15, 0.2) is 54.6 Å². The Morgan fingerprint density at radius 1 is 0.971 bits per heavy atom. The summed E-state index contributed by atoms with van der Waals surface area (Å²) in [4.78, 5) is 43.2. The number of urea groups is 1. The van der Waals surface area contributed by atoms with Crippen molar-refractivity contribution in [3.05, 3.63) is 60.3 Å². The summed E-state index contributed by atoms with van der Waals surface area (Å²) in [6, 6.07) is 15.8. The van der Waals surface area contributed by atoms with Crippen molar-refractivity contribution in [3.8, 4) is 22.8 Å². The van der Waals surface area contributed by atoms with Crippen LogP contribution >= 0.6 is 0 Å². The van der Waals surface area contributed by atoms with Gasteiger partial charge in [-0.2, -0.15) is 5.10 Å². The predicted molar refractivity (Wildman–Crippen MR) is 125 cm³/mol. The molecule has 0 bridgehead atoms. The number of nitrogens with zero attached hydrogens (tertiary/aromatic N) is 4. The van der Waals surface area contributed by atoms with Crippen LogP contribution in [0.3, 0.4) is 0 Å². The van der Waals surface area contributed by atoms with Crippen LogP contribution < -0.4 is 14.4 Å². The highest BCUT2D eigenvalue weighted by Gasteiger charge is 2.41. The summed E-state index contributed by atoms with van der Waals surface area (Å²) in [7, 11) is 0. The molecule has 3 aliphatic heterocycles. The zero-order valence-electron chi connectivity index (χ0n) is 18.8. The maximum atomic E-state index is 13.1. The Morgan fingerprint density at radius 3 is 2.54 bits per heavy atom. The maximum absolute atomic E-state index is 13.1. The molecule has 1 aromatic heterocycles. The predicted octanol–water partition coefficient (Wildman–Crippen LogP) is 2.88. The van der Waals surface area contributed by atoms with E-state index >= 15 is 0 Å². The molecule has 0 radical (unpaired) electrons. The van der Waals surface area contributed by atoms with Crippen molar-refractivity contribution in [3.63, 3.8) is 0 Å². The van der Waals surface area contributed by atoms with Crippen molar-refractivity contribution < 1.29 is 23.9 Å². The van der Waals surface area contributed by atoms with Crippen LogP contribution in [-0.2, 0) is 4.79 Å². The number of carbonyl (C=O) groups is 3. The van der Waals surface area contributed by atoms with Crippen molar-refractivity contribution in [2.45, 2.75) is 18.9 Å². The molecule has 1 N–H and O–H groups in total. The third-order valence-corrected chi connectivity index (χ3v) is 6.68. The van der Waals surface area contributed by atoms with E-state index in [9.17, 15) is 14.4 Å². The third kappa shape index (κ3) is 3.76. The number of anilines is 1. The minimum Gasteiger partial charge on any atom is -0.454 e. The van der Waals surface area contributed by atoms with Crippen LogP contribution in [-0.4, -0.2) is 70.3 Å². The second-order valence-corrected chi connectivity index (χ2v) is 8.73. The lowest BCUT2D eigenvalue weighted by molar-refractivity contribution is -0.116. The third-order valence-electron chi connectivity index (χ3n) is 6.68. The zero-order chi connectivity index (χ0) is 23.9. The molecular formula is C25H23N5O5. The molecule has 0 unspecified atom stereocenters. The Labute approximate surface area is 201 Å². The second kappa shape index (κ2) is 8.46. The lowest BCUT2D eigenvalue weighted by Crippen LogP contribution is -2.48. The van der Waals surface area contributed by atoms with Gasteiger partial charge in [-0.3, -0.25) is 14.7 Å². The number of amides is 4. The van der Waals surface area contributed by atoms with Gasteiger partial charge in [0.05, 0.1) is 11.4 Å². The van der Waals surface area contributed by atoms with E-state index in [1.54, 1.807) is 40.1 Å². The van der Waals surface area contributed by atoms with Gasteiger partial charge in [0.25, 0.3) is 11.8 Å². The molecule has 3 aromatic rings. The number of carbonyl (C=O) groups excluding carboxylic acids is 3. The Balaban J connectivity index is 1.10.